The number of nitrogens with zero attached hydrogens (tertiary/aromatic N) is 2. The zero-order chi connectivity index (χ0) is 20.2. The molecular formula is C24H22N4O. The highest BCUT2D eigenvalue weighted by Crippen LogP contribution is 2.28. The van der Waals surface area contributed by atoms with Crippen molar-refractivity contribution in [3.05, 3.63) is 96.3 Å². The van der Waals surface area contributed by atoms with Crippen LogP contribution in [0.5, 0.6) is 0 Å². The van der Waals surface area contributed by atoms with E-state index in [1.807, 2.05) is 91.5 Å². The molecule has 29 heavy (non-hydrogen) atoms. The molecule has 1 aromatic heterocycles. The highest BCUT2D eigenvalue weighted by molar-refractivity contribution is 6.02. The van der Waals surface area contributed by atoms with Crippen LogP contribution in [0.3, 0.4) is 0 Å². The van der Waals surface area contributed by atoms with Crippen LogP contribution in [0.15, 0.2) is 85.2 Å². The number of aromatic nitrogens is 2. The predicted molar refractivity (Wildman–Crippen MR) is 118 cm³/mol. The summed E-state index contributed by atoms with van der Waals surface area (Å²) in [4.78, 5) is 12.6. The Kier molecular flexibility index (Phi) is 5.12. The van der Waals surface area contributed by atoms with E-state index in [1.54, 1.807) is 6.20 Å². The third-order valence-electron chi connectivity index (χ3n) is 4.57. The van der Waals surface area contributed by atoms with Gasteiger partial charge in [0.1, 0.15) is 0 Å². The average molecular weight is 382 g/mol. The fourth-order valence-corrected chi connectivity index (χ4v) is 3.36. The fraction of sp³-hybridized carbons (Fsp3) is 0.0833. The van der Waals surface area contributed by atoms with Crippen molar-refractivity contribution >= 4 is 17.4 Å². The van der Waals surface area contributed by atoms with E-state index in [0.717, 1.165) is 39.3 Å². The van der Waals surface area contributed by atoms with Crippen LogP contribution in [0.2, 0.25) is 0 Å². The lowest BCUT2D eigenvalue weighted by molar-refractivity contribution is 0.262. The Hall–Kier alpha value is -3.86. The molecule has 0 radical (unpaired) electrons. The summed E-state index contributed by atoms with van der Waals surface area (Å²) in [5, 5.41) is 10.3. The summed E-state index contributed by atoms with van der Waals surface area (Å²) in [5.41, 5.74) is 6.53. The third-order valence-corrected chi connectivity index (χ3v) is 4.57. The van der Waals surface area contributed by atoms with Crippen LogP contribution in [0.1, 0.15) is 11.1 Å². The van der Waals surface area contributed by atoms with Crippen LogP contribution in [0, 0.1) is 13.8 Å². The maximum absolute atomic E-state index is 12.6. The van der Waals surface area contributed by atoms with Gasteiger partial charge >= 0.3 is 6.03 Å². The van der Waals surface area contributed by atoms with Crippen molar-refractivity contribution in [1.82, 2.24) is 9.78 Å². The number of urea groups is 1. The summed E-state index contributed by atoms with van der Waals surface area (Å²) in [6, 6.07) is 23.3. The molecule has 0 saturated heterocycles. The molecule has 0 spiro atoms. The Morgan fingerprint density at radius 3 is 2.31 bits per heavy atom. The first-order valence-corrected chi connectivity index (χ1v) is 9.44. The molecule has 0 aliphatic rings. The van der Waals surface area contributed by atoms with Gasteiger partial charge in [-0.1, -0.05) is 42.5 Å². The number of benzene rings is 3. The van der Waals surface area contributed by atoms with Crippen molar-refractivity contribution in [3.63, 3.8) is 0 Å². The summed E-state index contributed by atoms with van der Waals surface area (Å²) in [5.74, 6) is 0. The minimum atomic E-state index is -0.280. The minimum Gasteiger partial charge on any atom is -0.308 e. The molecule has 0 unspecified atom stereocenters. The molecule has 5 nitrogen and oxygen atoms in total. The zero-order valence-corrected chi connectivity index (χ0v) is 16.4. The summed E-state index contributed by atoms with van der Waals surface area (Å²) in [7, 11) is 0. The molecule has 0 bridgehead atoms. The lowest BCUT2D eigenvalue weighted by atomic mass is 10.1. The van der Waals surface area contributed by atoms with Gasteiger partial charge in [-0.3, -0.25) is 0 Å². The molecule has 5 heteroatoms. The van der Waals surface area contributed by atoms with Gasteiger partial charge in [0.05, 0.1) is 17.6 Å². The monoisotopic (exact) mass is 382 g/mol. The number of aryl methyl sites for hydroxylation is 2. The summed E-state index contributed by atoms with van der Waals surface area (Å²) in [6.45, 7) is 4.02. The summed E-state index contributed by atoms with van der Waals surface area (Å²) in [6.07, 6.45) is 3.76. The fourth-order valence-electron chi connectivity index (χ4n) is 3.36. The first-order valence-electron chi connectivity index (χ1n) is 9.44. The normalized spacial score (nSPS) is 10.6. The van der Waals surface area contributed by atoms with Crippen molar-refractivity contribution in [2.45, 2.75) is 13.8 Å². The first kappa shape index (κ1) is 18.5. The number of anilines is 2. The number of rotatable bonds is 4. The highest BCUT2D eigenvalue weighted by Gasteiger charge is 2.11. The van der Waals surface area contributed by atoms with Crippen molar-refractivity contribution in [2.24, 2.45) is 0 Å². The second-order valence-corrected chi connectivity index (χ2v) is 7.01. The summed E-state index contributed by atoms with van der Waals surface area (Å²) < 4.78 is 1.82. The quantitative estimate of drug-likeness (QED) is 0.469. The van der Waals surface area contributed by atoms with Crippen LogP contribution in [0.4, 0.5) is 16.2 Å². The van der Waals surface area contributed by atoms with Crippen molar-refractivity contribution in [1.29, 1.82) is 0 Å². The summed E-state index contributed by atoms with van der Waals surface area (Å²) >= 11 is 0. The minimum absolute atomic E-state index is 0.280. The van der Waals surface area contributed by atoms with Gasteiger partial charge in [0.15, 0.2) is 0 Å². The van der Waals surface area contributed by atoms with Gasteiger partial charge in [0, 0.05) is 23.0 Å². The van der Waals surface area contributed by atoms with Gasteiger partial charge in [0.2, 0.25) is 0 Å². The van der Waals surface area contributed by atoms with E-state index in [2.05, 4.69) is 21.8 Å². The van der Waals surface area contributed by atoms with Crippen LogP contribution >= 0.6 is 0 Å². The van der Waals surface area contributed by atoms with E-state index in [0.29, 0.717) is 0 Å². The molecule has 1 heterocycles. The van der Waals surface area contributed by atoms with E-state index >= 15 is 0 Å². The van der Waals surface area contributed by atoms with E-state index in [4.69, 9.17) is 0 Å². The van der Waals surface area contributed by atoms with Gasteiger partial charge in [0.25, 0.3) is 0 Å². The van der Waals surface area contributed by atoms with Gasteiger partial charge < -0.3 is 10.6 Å². The molecule has 4 aromatic rings. The average Bonchev–Trinajstić information content (AvgIpc) is 3.18. The number of amides is 2. The Morgan fingerprint density at radius 2 is 1.55 bits per heavy atom. The molecule has 2 amide bonds. The van der Waals surface area contributed by atoms with E-state index in [-0.39, 0.29) is 6.03 Å². The molecule has 0 fully saturated rings. The lowest BCUT2D eigenvalue weighted by Gasteiger charge is -2.12. The standard InChI is InChI=1S/C24H22N4O/c1-17-12-18(2)14-20(13-17)26-24(29)27-23-11-7-6-10-22(23)19-15-25-28(16-19)21-8-4-3-5-9-21/h3-16H,1-2H3,(H2,26,27,29). The second-order valence-electron chi connectivity index (χ2n) is 7.01. The molecular weight excluding hydrogens is 360 g/mol. The Labute approximate surface area is 170 Å². The topological polar surface area (TPSA) is 59.0 Å². The molecule has 2 N–H and O–H groups in total. The van der Waals surface area contributed by atoms with Gasteiger partial charge in [-0.25, -0.2) is 9.48 Å². The maximum Gasteiger partial charge on any atom is 0.323 e. The maximum atomic E-state index is 12.6. The van der Waals surface area contributed by atoms with Gasteiger partial charge in [-0.2, -0.15) is 5.10 Å². The highest BCUT2D eigenvalue weighted by atomic mass is 16.2. The molecule has 0 aliphatic carbocycles. The molecule has 4 rings (SSSR count). The molecule has 144 valence electrons. The van der Waals surface area contributed by atoms with E-state index in [1.165, 1.54) is 0 Å². The van der Waals surface area contributed by atoms with Crippen LogP contribution in [-0.4, -0.2) is 15.8 Å². The van der Waals surface area contributed by atoms with Crippen LogP contribution in [-0.2, 0) is 0 Å². The van der Waals surface area contributed by atoms with E-state index in [9.17, 15) is 4.79 Å². The molecule has 0 atom stereocenters. The van der Waals surface area contributed by atoms with Crippen molar-refractivity contribution < 1.29 is 4.79 Å². The largest absolute Gasteiger partial charge is 0.323 e. The lowest BCUT2D eigenvalue weighted by Crippen LogP contribution is -2.20. The zero-order valence-electron chi connectivity index (χ0n) is 16.4. The van der Waals surface area contributed by atoms with E-state index < -0.39 is 0 Å². The number of hydrogen-bond donors (Lipinski definition) is 2. The number of para-hydroxylation sites is 2. The predicted octanol–water partition coefficient (Wildman–Crippen LogP) is 5.80. The van der Waals surface area contributed by atoms with Crippen LogP contribution in [0.25, 0.3) is 16.8 Å². The second kappa shape index (κ2) is 8.02. The number of hydrogen-bond acceptors (Lipinski definition) is 2. The Balaban J connectivity index is 1.56. The van der Waals surface area contributed by atoms with Crippen molar-refractivity contribution in [3.8, 4) is 16.8 Å². The number of carbonyl (C=O) groups excluding carboxylic acids is 1. The number of carbonyl (C=O) groups is 1. The molecule has 3 aromatic carbocycles. The van der Waals surface area contributed by atoms with Gasteiger partial charge in [-0.05, 0) is 55.3 Å². The Morgan fingerprint density at radius 1 is 0.862 bits per heavy atom. The van der Waals surface area contributed by atoms with Gasteiger partial charge in [-0.15, -0.1) is 0 Å². The molecule has 0 saturated carbocycles. The Bertz CT molecular complexity index is 1130. The SMILES string of the molecule is Cc1cc(C)cc(NC(=O)Nc2ccccc2-c2cnn(-c3ccccc3)c2)c1. The third kappa shape index (κ3) is 4.35. The van der Waals surface area contributed by atoms with Crippen LogP contribution < -0.4 is 10.6 Å². The smallest absolute Gasteiger partial charge is 0.308 e. The molecule has 0 aliphatic heterocycles. The van der Waals surface area contributed by atoms with Crippen molar-refractivity contribution in [2.75, 3.05) is 10.6 Å². The number of nitrogens with one attached hydrogen (secondary N) is 2. The first-order chi connectivity index (χ1) is 14.1.